The summed E-state index contributed by atoms with van der Waals surface area (Å²) in [5, 5.41) is 12.6. The van der Waals surface area contributed by atoms with E-state index in [0.717, 1.165) is 25.9 Å². The van der Waals surface area contributed by atoms with Crippen molar-refractivity contribution >= 4 is 0 Å². The van der Waals surface area contributed by atoms with Gasteiger partial charge in [0.25, 0.3) is 0 Å². The first kappa shape index (κ1) is 12.0. The third-order valence-electron chi connectivity index (χ3n) is 2.47. The molecule has 0 bridgehead atoms. The third-order valence-corrected chi connectivity index (χ3v) is 2.47. The van der Waals surface area contributed by atoms with Crippen molar-refractivity contribution in [3.63, 3.8) is 0 Å². The molecule has 0 saturated heterocycles. The number of hydrogen-bond acceptors (Lipinski definition) is 3. The summed E-state index contributed by atoms with van der Waals surface area (Å²) >= 11 is 0. The highest BCUT2D eigenvalue weighted by Gasteiger charge is 2.03. The summed E-state index contributed by atoms with van der Waals surface area (Å²) in [5.74, 6) is 0.314. The molecule has 0 aromatic heterocycles. The summed E-state index contributed by atoms with van der Waals surface area (Å²) in [5.41, 5.74) is 6.61. The van der Waals surface area contributed by atoms with Crippen molar-refractivity contribution in [2.45, 2.75) is 25.8 Å². The van der Waals surface area contributed by atoms with Crippen LogP contribution in [-0.4, -0.2) is 18.2 Å². The van der Waals surface area contributed by atoms with Crippen molar-refractivity contribution < 1.29 is 5.11 Å². The van der Waals surface area contributed by atoms with Crippen LogP contribution in [0.5, 0.6) is 5.75 Å². The molecule has 3 heteroatoms. The molecular weight excluding hydrogens is 188 g/mol. The number of nitrogens with two attached hydrogens (primary N) is 1. The topological polar surface area (TPSA) is 58.3 Å². The van der Waals surface area contributed by atoms with Crippen molar-refractivity contribution in [1.29, 1.82) is 0 Å². The Morgan fingerprint density at radius 3 is 2.53 bits per heavy atom. The van der Waals surface area contributed by atoms with Crippen molar-refractivity contribution in [2.75, 3.05) is 13.1 Å². The maximum absolute atomic E-state index is 9.15. The lowest BCUT2D eigenvalue weighted by atomic mass is 10.1. The van der Waals surface area contributed by atoms with Crippen LogP contribution in [-0.2, 0) is 0 Å². The molecule has 0 heterocycles. The molecule has 1 rings (SSSR count). The molecule has 0 aliphatic carbocycles. The van der Waals surface area contributed by atoms with E-state index in [1.165, 1.54) is 5.56 Å². The second-order valence-corrected chi connectivity index (χ2v) is 3.76. The third kappa shape index (κ3) is 4.32. The van der Waals surface area contributed by atoms with E-state index >= 15 is 0 Å². The van der Waals surface area contributed by atoms with E-state index in [9.17, 15) is 0 Å². The summed E-state index contributed by atoms with van der Waals surface area (Å²) in [6, 6.07) is 7.63. The lowest BCUT2D eigenvalue weighted by Crippen LogP contribution is -2.20. The van der Waals surface area contributed by atoms with E-state index in [2.05, 4.69) is 12.2 Å². The Kier molecular flexibility index (Phi) is 5.15. The van der Waals surface area contributed by atoms with E-state index in [1.54, 1.807) is 12.1 Å². The number of nitrogens with one attached hydrogen (secondary N) is 1. The zero-order chi connectivity index (χ0) is 11.1. The second-order valence-electron chi connectivity index (χ2n) is 3.76. The van der Waals surface area contributed by atoms with Gasteiger partial charge in [-0.25, -0.2) is 0 Å². The van der Waals surface area contributed by atoms with Crippen molar-refractivity contribution in [3.05, 3.63) is 29.8 Å². The lowest BCUT2D eigenvalue weighted by Gasteiger charge is -2.13. The molecular formula is C12H20N2O. The molecule has 0 spiro atoms. The maximum atomic E-state index is 9.15. The first-order valence-corrected chi connectivity index (χ1v) is 5.46. The molecule has 0 radical (unpaired) electrons. The van der Waals surface area contributed by atoms with Crippen LogP contribution in [0.2, 0.25) is 0 Å². The Labute approximate surface area is 91.3 Å². The van der Waals surface area contributed by atoms with Crippen LogP contribution in [0.25, 0.3) is 0 Å². The predicted octanol–water partition coefficient (Wildman–Crippen LogP) is 1.78. The van der Waals surface area contributed by atoms with E-state index in [-0.39, 0.29) is 0 Å². The molecule has 0 fully saturated rings. The van der Waals surface area contributed by atoms with Gasteiger partial charge in [0.1, 0.15) is 5.75 Å². The number of phenols is 1. The van der Waals surface area contributed by atoms with Gasteiger partial charge in [-0.2, -0.15) is 0 Å². The second kappa shape index (κ2) is 6.43. The van der Waals surface area contributed by atoms with E-state index in [0.29, 0.717) is 11.8 Å². The van der Waals surface area contributed by atoms with Gasteiger partial charge < -0.3 is 16.2 Å². The molecule has 4 N–H and O–H groups in total. The minimum Gasteiger partial charge on any atom is -0.508 e. The van der Waals surface area contributed by atoms with Gasteiger partial charge in [-0.1, -0.05) is 12.1 Å². The summed E-state index contributed by atoms with van der Waals surface area (Å²) in [6.07, 6.45) is 2.17. The molecule has 3 nitrogen and oxygen atoms in total. The number of unbranched alkanes of at least 4 members (excludes halogenated alkanes) is 1. The van der Waals surface area contributed by atoms with Gasteiger partial charge >= 0.3 is 0 Å². The van der Waals surface area contributed by atoms with Gasteiger partial charge in [-0.15, -0.1) is 0 Å². The zero-order valence-corrected chi connectivity index (χ0v) is 9.24. The number of phenolic OH excluding ortho intramolecular Hbond substituents is 1. The molecule has 15 heavy (non-hydrogen) atoms. The Bertz CT molecular complexity index is 271. The van der Waals surface area contributed by atoms with Crippen molar-refractivity contribution in [1.82, 2.24) is 5.32 Å². The van der Waals surface area contributed by atoms with Crippen LogP contribution in [0.4, 0.5) is 0 Å². The molecule has 84 valence electrons. The number of rotatable bonds is 6. The molecule has 0 saturated carbocycles. The summed E-state index contributed by atoms with van der Waals surface area (Å²) in [6.45, 7) is 3.86. The number of aromatic hydroxyl groups is 1. The smallest absolute Gasteiger partial charge is 0.115 e. The monoisotopic (exact) mass is 208 g/mol. The SMILES string of the molecule is CC(NCCCCN)c1ccc(O)cc1. The fourth-order valence-electron chi connectivity index (χ4n) is 1.47. The summed E-state index contributed by atoms with van der Waals surface area (Å²) in [4.78, 5) is 0. The van der Waals surface area contributed by atoms with E-state index in [4.69, 9.17) is 10.8 Å². The number of hydrogen-bond donors (Lipinski definition) is 3. The van der Waals surface area contributed by atoms with Gasteiger partial charge in [0.15, 0.2) is 0 Å². The minimum absolute atomic E-state index is 0.314. The fraction of sp³-hybridized carbons (Fsp3) is 0.500. The first-order valence-electron chi connectivity index (χ1n) is 5.46. The highest BCUT2D eigenvalue weighted by Crippen LogP contribution is 2.16. The predicted molar refractivity (Wildman–Crippen MR) is 62.8 cm³/mol. The molecule has 0 aliphatic rings. The Hall–Kier alpha value is -1.06. The highest BCUT2D eigenvalue weighted by atomic mass is 16.3. The van der Waals surface area contributed by atoms with Crippen LogP contribution < -0.4 is 11.1 Å². The summed E-state index contributed by atoms with van der Waals surface area (Å²) < 4.78 is 0. The van der Waals surface area contributed by atoms with Crippen LogP contribution in [0, 0.1) is 0 Å². The van der Waals surface area contributed by atoms with Crippen LogP contribution in [0.3, 0.4) is 0 Å². The van der Waals surface area contributed by atoms with Gasteiger partial charge in [-0.3, -0.25) is 0 Å². The fourth-order valence-corrected chi connectivity index (χ4v) is 1.47. The average molecular weight is 208 g/mol. The molecule has 1 aromatic rings. The molecule has 1 atom stereocenters. The average Bonchev–Trinajstić information content (AvgIpc) is 2.25. The van der Waals surface area contributed by atoms with E-state index < -0.39 is 0 Å². The van der Waals surface area contributed by atoms with Gasteiger partial charge in [-0.05, 0) is 50.6 Å². The minimum atomic E-state index is 0.314. The van der Waals surface area contributed by atoms with Gasteiger partial charge in [0.2, 0.25) is 0 Å². The first-order chi connectivity index (χ1) is 7.24. The largest absolute Gasteiger partial charge is 0.508 e. The Morgan fingerprint density at radius 2 is 1.93 bits per heavy atom. The molecule has 1 aromatic carbocycles. The Balaban J connectivity index is 2.33. The van der Waals surface area contributed by atoms with Crippen LogP contribution in [0.15, 0.2) is 24.3 Å². The molecule has 1 unspecified atom stereocenters. The zero-order valence-electron chi connectivity index (χ0n) is 9.24. The standard InChI is InChI=1S/C12H20N2O/c1-10(14-9-3-2-8-13)11-4-6-12(15)7-5-11/h4-7,10,14-15H,2-3,8-9,13H2,1H3. The highest BCUT2D eigenvalue weighted by molar-refractivity contribution is 5.27. The van der Waals surface area contributed by atoms with Gasteiger partial charge in [0.05, 0.1) is 0 Å². The van der Waals surface area contributed by atoms with Crippen molar-refractivity contribution in [2.24, 2.45) is 5.73 Å². The van der Waals surface area contributed by atoms with E-state index in [1.807, 2.05) is 12.1 Å². The maximum Gasteiger partial charge on any atom is 0.115 e. The number of benzene rings is 1. The van der Waals surface area contributed by atoms with Crippen LogP contribution >= 0.6 is 0 Å². The molecule has 0 amide bonds. The normalized spacial score (nSPS) is 12.7. The molecule has 0 aliphatic heterocycles. The van der Waals surface area contributed by atoms with Crippen LogP contribution in [0.1, 0.15) is 31.4 Å². The quantitative estimate of drug-likeness (QED) is 0.625. The van der Waals surface area contributed by atoms with Gasteiger partial charge in [0, 0.05) is 6.04 Å². The summed E-state index contributed by atoms with van der Waals surface area (Å²) in [7, 11) is 0. The Morgan fingerprint density at radius 1 is 1.27 bits per heavy atom. The van der Waals surface area contributed by atoms with Crippen molar-refractivity contribution in [3.8, 4) is 5.75 Å². The lowest BCUT2D eigenvalue weighted by molar-refractivity contribution is 0.474.